The fraction of sp³-hybridized carbons (Fsp3) is 0.556. The average Bonchev–Trinajstić information content (AvgIpc) is 2.55. The minimum absolute atomic E-state index is 0.00126. The fourth-order valence-electron chi connectivity index (χ4n) is 2.62. The zero-order valence-electron chi connectivity index (χ0n) is 15.7. The Hall–Kier alpha value is -2.76. The molecule has 1 aliphatic heterocycles. The highest BCUT2D eigenvalue weighted by molar-refractivity contribution is 5.68. The lowest BCUT2D eigenvalue weighted by Gasteiger charge is -2.38. The molecule has 0 saturated carbocycles. The van der Waals surface area contributed by atoms with Gasteiger partial charge in [-0.2, -0.15) is 5.26 Å². The van der Waals surface area contributed by atoms with E-state index >= 15 is 0 Å². The number of nitrogens with zero attached hydrogens (tertiary/aromatic N) is 2. The topological polar surface area (TPSA) is 97.8 Å². The van der Waals surface area contributed by atoms with Crippen molar-refractivity contribution >= 4 is 11.8 Å². The molecule has 1 heterocycles. The second kappa shape index (κ2) is 7.47. The van der Waals surface area contributed by atoms with Gasteiger partial charge in [-0.15, -0.1) is 0 Å². The third-order valence-corrected chi connectivity index (χ3v) is 3.91. The summed E-state index contributed by atoms with van der Waals surface area (Å²) in [5.41, 5.74) is 5.19. The molecular formula is C18H23F2N3O4. The van der Waals surface area contributed by atoms with Gasteiger partial charge in [0.15, 0.2) is 17.6 Å². The van der Waals surface area contributed by atoms with Crippen molar-refractivity contribution in [1.82, 2.24) is 4.90 Å². The predicted molar refractivity (Wildman–Crippen MR) is 93.9 cm³/mol. The summed E-state index contributed by atoms with van der Waals surface area (Å²) in [4.78, 5) is 13.0. The molecule has 1 saturated heterocycles. The van der Waals surface area contributed by atoms with Gasteiger partial charge >= 0.3 is 12.0 Å². The molecule has 2 N–H and O–H groups in total. The van der Waals surface area contributed by atoms with E-state index in [9.17, 15) is 13.6 Å². The normalized spacial score (nSPS) is 19.1. The van der Waals surface area contributed by atoms with E-state index in [1.54, 1.807) is 20.8 Å². The van der Waals surface area contributed by atoms with Crippen LogP contribution >= 0.6 is 0 Å². The molecule has 1 amide bonds. The highest BCUT2D eigenvalue weighted by Crippen LogP contribution is 2.37. The number of nitrogens with two attached hydrogens (primary N) is 1. The van der Waals surface area contributed by atoms with Gasteiger partial charge in [-0.05, 0) is 20.8 Å². The molecule has 0 spiro atoms. The van der Waals surface area contributed by atoms with Crippen molar-refractivity contribution in [3.63, 3.8) is 0 Å². The van der Waals surface area contributed by atoms with Crippen molar-refractivity contribution in [3.05, 3.63) is 17.7 Å². The third kappa shape index (κ3) is 4.90. The van der Waals surface area contributed by atoms with Crippen LogP contribution < -0.4 is 15.2 Å². The Morgan fingerprint density at radius 1 is 1.37 bits per heavy atom. The maximum Gasteiger partial charge on any atom is 0.410 e. The summed E-state index contributed by atoms with van der Waals surface area (Å²) < 4.78 is 44.9. The SMILES string of the molecule is COc1cc(N)c(C#N)cc1O[C@@H]1CCN(C(=O)OC(C)(C)C)CC1(F)F. The van der Waals surface area contributed by atoms with Crippen LogP contribution in [0.1, 0.15) is 32.8 Å². The second-order valence-corrected chi connectivity index (χ2v) is 7.26. The fourth-order valence-corrected chi connectivity index (χ4v) is 2.62. The number of methoxy groups -OCH3 is 1. The van der Waals surface area contributed by atoms with E-state index in [0.717, 1.165) is 4.90 Å². The monoisotopic (exact) mass is 383 g/mol. The summed E-state index contributed by atoms with van der Waals surface area (Å²) in [5, 5.41) is 9.07. The van der Waals surface area contributed by atoms with Crippen LogP contribution in [-0.4, -0.2) is 48.8 Å². The van der Waals surface area contributed by atoms with Gasteiger partial charge in [0, 0.05) is 25.1 Å². The maximum atomic E-state index is 14.6. The summed E-state index contributed by atoms with van der Waals surface area (Å²) in [6, 6.07) is 4.49. The first-order chi connectivity index (χ1) is 12.5. The van der Waals surface area contributed by atoms with Crippen LogP contribution in [0.2, 0.25) is 0 Å². The first-order valence-electron chi connectivity index (χ1n) is 8.37. The summed E-state index contributed by atoms with van der Waals surface area (Å²) in [7, 11) is 1.34. The molecular weight excluding hydrogens is 360 g/mol. The average molecular weight is 383 g/mol. The van der Waals surface area contributed by atoms with Crippen LogP contribution in [-0.2, 0) is 4.74 Å². The number of carbonyl (C=O) groups excluding carboxylic acids is 1. The van der Waals surface area contributed by atoms with Crippen molar-refractivity contribution in [2.45, 2.75) is 44.8 Å². The van der Waals surface area contributed by atoms with E-state index in [1.165, 1.54) is 19.2 Å². The molecule has 0 aliphatic carbocycles. The Labute approximate surface area is 156 Å². The van der Waals surface area contributed by atoms with Gasteiger partial charge in [0.2, 0.25) is 0 Å². The van der Waals surface area contributed by atoms with E-state index in [2.05, 4.69) is 0 Å². The van der Waals surface area contributed by atoms with Gasteiger partial charge in [-0.3, -0.25) is 0 Å². The van der Waals surface area contributed by atoms with Crippen molar-refractivity contribution < 1.29 is 27.8 Å². The molecule has 7 nitrogen and oxygen atoms in total. The highest BCUT2D eigenvalue weighted by Gasteiger charge is 2.48. The smallest absolute Gasteiger partial charge is 0.410 e. The maximum absolute atomic E-state index is 14.6. The van der Waals surface area contributed by atoms with E-state index in [-0.39, 0.29) is 35.7 Å². The first kappa shape index (κ1) is 20.6. The quantitative estimate of drug-likeness (QED) is 0.805. The molecule has 0 bridgehead atoms. The minimum Gasteiger partial charge on any atom is -0.493 e. The van der Waals surface area contributed by atoms with Crippen molar-refractivity contribution in [2.75, 3.05) is 25.9 Å². The summed E-state index contributed by atoms with van der Waals surface area (Å²) in [5.74, 6) is -3.16. The second-order valence-electron chi connectivity index (χ2n) is 7.26. The van der Waals surface area contributed by atoms with Gasteiger partial charge in [-0.25, -0.2) is 13.6 Å². The number of nitriles is 1. The number of halogens is 2. The van der Waals surface area contributed by atoms with E-state index in [4.69, 9.17) is 25.2 Å². The van der Waals surface area contributed by atoms with Crippen molar-refractivity contribution in [3.8, 4) is 17.6 Å². The van der Waals surface area contributed by atoms with Crippen LogP contribution in [0.4, 0.5) is 19.3 Å². The lowest BCUT2D eigenvalue weighted by molar-refractivity contribution is -0.137. The number of amides is 1. The number of benzene rings is 1. The van der Waals surface area contributed by atoms with E-state index in [0.29, 0.717) is 0 Å². The van der Waals surface area contributed by atoms with Crippen molar-refractivity contribution in [2.24, 2.45) is 0 Å². The van der Waals surface area contributed by atoms with Crippen LogP contribution in [0.15, 0.2) is 12.1 Å². The number of hydrogen-bond acceptors (Lipinski definition) is 6. The van der Waals surface area contributed by atoms with Crippen molar-refractivity contribution in [1.29, 1.82) is 5.26 Å². The van der Waals surface area contributed by atoms with Crippen LogP contribution in [0.5, 0.6) is 11.5 Å². The molecule has 148 valence electrons. The van der Waals surface area contributed by atoms with Crippen LogP contribution in [0, 0.1) is 11.3 Å². The Balaban J connectivity index is 2.16. The number of anilines is 1. The Morgan fingerprint density at radius 3 is 2.56 bits per heavy atom. The lowest BCUT2D eigenvalue weighted by atomic mass is 10.0. The molecule has 1 fully saturated rings. The number of likely N-dealkylation sites (tertiary alicyclic amines) is 1. The minimum atomic E-state index is -3.31. The Kier molecular flexibility index (Phi) is 5.68. The number of alkyl halides is 2. The number of ether oxygens (including phenoxy) is 3. The molecule has 1 atom stereocenters. The number of carbonyl (C=O) groups is 1. The molecule has 27 heavy (non-hydrogen) atoms. The van der Waals surface area contributed by atoms with Crippen LogP contribution in [0.25, 0.3) is 0 Å². The largest absolute Gasteiger partial charge is 0.493 e. The zero-order chi connectivity index (χ0) is 20.4. The molecule has 2 rings (SSSR count). The third-order valence-electron chi connectivity index (χ3n) is 3.91. The number of piperidine rings is 1. The summed E-state index contributed by atoms with van der Waals surface area (Å²) in [6.45, 7) is 4.23. The molecule has 1 aliphatic rings. The molecule has 0 aromatic heterocycles. The molecule has 9 heteroatoms. The number of hydrogen-bond donors (Lipinski definition) is 1. The molecule has 0 unspecified atom stereocenters. The van der Waals surface area contributed by atoms with E-state index < -0.39 is 30.3 Å². The zero-order valence-corrected chi connectivity index (χ0v) is 15.7. The van der Waals surface area contributed by atoms with Gasteiger partial charge in [0.1, 0.15) is 11.7 Å². The number of nitrogen functional groups attached to an aromatic ring is 1. The molecule has 1 aromatic rings. The lowest BCUT2D eigenvalue weighted by Crippen LogP contribution is -2.56. The van der Waals surface area contributed by atoms with Crippen LogP contribution in [0.3, 0.4) is 0 Å². The van der Waals surface area contributed by atoms with Gasteiger partial charge < -0.3 is 24.8 Å². The highest BCUT2D eigenvalue weighted by atomic mass is 19.3. The van der Waals surface area contributed by atoms with Gasteiger partial charge in [0.05, 0.1) is 24.9 Å². The standard InChI is InChI=1S/C18H23F2N3O4/c1-17(2,3)27-16(24)23-6-5-15(18(19,20)10-23)26-14-7-11(9-21)12(22)8-13(14)25-4/h7-8,15H,5-6,10,22H2,1-4H3/t15-/m1/s1. The van der Waals surface area contributed by atoms with Gasteiger partial charge in [-0.1, -0.05) is 0 Å². The molecule has 0 radical (unpaired) electrons. The Morgan fingerprint density at radius 2 is 2.04 bits per heavy atom. The van der Waals surface area contributed by atoms with Gasteiger partial charge in [0.25, 0.3) is 0 Å². The molecule has 1 aromatic carbocycles. The first-order valence-corrected chi connectivity index (χ1v) is 8.37. The Bertz CT molecular complexity index is 756. The van der Waals surface area contributed by atoms with E-state index in [1.807, 2.05) is 6.07 Å². The summed E-state index contributed by atoms with van der Waals surface area (Å²) in [6.07, 6.45) is -2.39. The summed E-state index contributed by atoms with van der Waals surface area (Å²) >= 11 is 0. The number of rotatable bonds is 3. The predicted octanol–water partition coefficient (Wildman–Crippen LogP) is 3.17.